The Bertz CT molecular complexity index is 813. The van der Waals surface area contributed by atoms with E-state index in [0.29, 0.717) is 29.6 Å². The highest BCUT2D eigenvalue weighted by atomic mass is 32.2. The van der Waals surface area contributed by atoms with Crippen molar-refractivity contribution in [2.24, 2.45) is 0 Å². The fourth-order valence-electron chi connectivity index (χ4n) is 2.40. The molecule has 2 heterocycles. The van der Waals surface area contributed by atoms with Gasteiger partial charge in [-0.2, -0.15) is 8.42 Å². The zero-order chi connectivity index (χ0) is 15.9. The molecule has 0 atom stereocenters. The molecule has 1 aromatic heterocycles. The van der Waals surface area contributed by atoms with E-state index < -0.39 is 10.0 Å². The molecule has 1 aliphatic rings. The number of fused-ring (bicyclic) bond motifs is 1. The molecule has 3 rings (SSSR count). The van der Waals surface area contributed by atoms with E-state index in [4.69, 9.17) is 9.47 Å². The quantitative estimate of drug-likeness (QED) is 0.857. The van der Waals surface area contributed by atoms with Crippen molar-refractivity contribution in [2.75, 3.05) is 18.1 Å². The van der Waals surface area contributed by atoms with Gasteiger partial charge in [0, 0.05) is 19.7 Å². The van der Waals surface area contributed by atoms with Gasteiger partial charge in [0.15, 0.2) is 16.5 Å². The van der Waals surface area contributed by atoms with Crippen LogP contribution in [0.5, 0.6) is 11.5 Å². The highest BCUT2D eigenvalue weighted by molar-refractivity contribution is 7.92. The van der Waals surface area contributed by atoms with Crippen LogP contribution in [0.1, 0.15) is 12.7 Å². The second kappa shape index (κ2) is 5.20. The Balaban J connectivity index is 2.01. The number of sulfonamides is 1. The lowest BCUT2D eigenvalue weighted by Gasteiger charge is -2.20. The maximum absolute atomic E-state index is 12.8. The van der Waals surface area contributed by atoms with Gasteiger partial charge in [0.1, 0.15) is 5.82 Å². The molecule has 0 amide bonds. The molecule has 1 aliphatic heterocycles. The fraction of sp³-hybridized carbons (Fsp3) is 0.357. The van der Waals surface area contributed by atoms with Crippen molar-refractivity contribution in [1.29, 1.82) is 0 Å². The molecule has 0 radical (unpaired) electrons. The van der Waals surface area contributed by atoms with E-state index >= 15 is 0 Å². The van der Waals surface area contributed by atoms with Crippen LogP contribution in [0.2, 0.25) is 0 Å². The van der Waals surface area contributed by atoms with Crippen molar-refractivity contribution in [3.8, 4) is 11.5 Å². The van der Waals surface area contributed by atoms with Crippen LogP contribution < -0.4 is 13.8 Å². The van der Waals surface area contributed by atoms with Gasteiger partial charge in [-0.15, -0.1) is 0 Å². The number of aromatic nitrogens is 2. The van der Waals surface area contributed by atoms with Gasteiger partial charge in [0.05, 0.1) is 11.9 Å². The molecule has 1 aromatic carbocycles. The minimum absolute atomic E-state index is 0.150. The van der Waals surface area contributed by atoms with E-state index in [0.717, 1.165) is 0 Å². The topological polar surface area (TPSA) is 73.7 Å². The van der Waals surface area contributed by atoms with Crippen LogP contribution in [0.15, 0.2) is 29.4 Å². The van der Waals surface area contributed by atoms with Crippen molar-refractivity contribution in [2.45, 2.75) is 25.4 Å². The lowest BCUT2D eigenvalue weighted by Crippen LogP contribution is -2.28. The van der Waals surface area contributed by atoms with Crippen LogP contribution in [0.25, 0.3) is 0 Å². The molecule has 22 heavy (non-hydrogen) atoms. The van der Waals surface area contributed by atoms with E-state index in [-0.39, 0.29) is 11.8 Å². The minimum Gasteiger partial charge on any atom is -0.454 e. The van der Waals surface area contributed by atoms with Gasteiger partial charge in [0.25, 0.3) is 10.0 Å². The summed E-state index contributed by atoms with van der Waals surface area (Å²) in [5, 5.41) is 0.174. The van der Waals surface area contributed by atoms with Gasteiger partial charge in [-0.05, 0) is 26.0 Å². The molecule has 7 nitrogen and oxygen atoms in total. The Morgan fingerprint density at radius 2 is 2.05 bits per heavy atom. The van der Waals surface area contributed by atoms with Crippen LogP contribution in [-0.4, -0.2) is 31.8 Å². The largest absolute Gasteiger partial charge is 0.454 e. The first-order chi connectivity index (χ1) is 10.4. The summed E-state index contributed by atoms with van der Waals surface area (Å²) in [4.78, 5) is 4.10. The molecule has 0 bridgehead atoms. The van der Waals surface area contributed by atoms with Gasteiger partial charge in [-0.3, -0.25) is 4.31 Å². The lowest BCUT2D eigenvalue weighted by atomic mass is 10.3. The average molecular weight is 323 g/mol. The summed E-state index contributed by atoms with van der Waals surface area (Å²) in [6, 6.07) is 5.04. The predicted octanol–water partition coefficient (Wildman–Crippen LogP) is 1.77. The van der Waals surface area contributed by atoms with Crippen molar-refractivity contribution in [3.05, 3.63) is 30.2 Å². The van der Waals surface area contributed by atoms with Gasteiger partial charge in [-0.1, -0.05) is 0 Å². The van der Waals surface area contributed by atoms with Crippen LogP contribution in [-0.2, 0) is 16.6 Å². The van der Waals surface area contributed by atoms with Crippen molar-refractivity contribution in [1.82, 2.24) is 9.55 Å². The molecule has 118 valence electrons. The summed E-state index contributed by atoms with van der Waals surface area (Å²) in [6.45, 7) is 4.35. The maximum atomic E-state index is 12.8. The van der Waals surface area contributed by atoms with Crippen LogP contribution in [0.4, 0.5) is 5.69 Å². The fourth-order valence-corrected chi connectivity index (χ4v) is 3.80. The molecule has 0 unspecified atom stereocenters. The second-order valence-corrected chi connectivity index (χ2v) is 6.81. The number of anilines is 1. The van der Waals surface area contributed by atoms with Gasteiger partial charge >= 0.3 is 0 Å². The highest BCUT2D eigenvalue weighted by Crippen LogP contribution is 2.36. The van der Waals surface area contributed by atoms with Gasteiger partial charge in [0.2, 0.25) is 6.79 Å². The van der Waals surface area contributed by atoms with Gasteiger partial charge in [-0.25, -0.2) is 4.98 Å². The zero-order valence-corrected chi connectivity index (χ0v) is 13.4. The number of nitrogens with zero attached hydrogens (tertiary/aromatic N) is 3. The molecular formula is C14H17N3O4S. The Labute approximate surface area is 129 Å². The van der Waals surface area contributed by atoms with Crippen LogP contribution in [0.3, 0.4) is 0 Å². The van der Waals surface area contributed by atoms with Crippen molar-refractivity contribution in [3.63, 3.8) is 0 Å². The molecule has 0 saturated carbocycles. The number of ether oxygens (including phenoxy) is 2. The minimum atomic E-state index is -3.69. The highest BCUT2D eigenvalue weighted by Gasteiger charge is 2.27. The van der Waals surface area contributed by atoms with Crippen molar-refractivity contribution >= 4 is 15.7 Å². The predicted molar refractivity (Wildman–Crippen MR) is 80.8 cm³/mol. The molecule has 2 aromatic rings. The third-order valence-electron chi connectivity index (χ3n) is 3.68. The van der Waals surface area contributed by atoms with E-state index in [1.54, 1.807) is 29.7 Å². The Hall–Kier alpha value is -2.22. The first-order valence-electron chi connectivity index (χ1n) is 6.86. The SMILES string of the molecule is CCn1c(S(=O)(=O)N(C)c2ccc3c(c2)OCO3)cnc1C. The third kappa shape index (κ3) is 2.19. The molecule has 0 spiro atoms. The Morgan fingerprint density at radius 1 is 1.32 bits per heavy atom. The number of rotatable bonds is 4. The summed E-state index contributed by atoms with van der Waals surface area (Å²) in [7, 11) is -2.18. The van der Waals surface area contributed by atoms with Crippen LogP contribution in [0, 0.1) is 6.92 Å². The Kier molecular flexibility index (Phi) is 3.48. The molecule has 0 fully saturated rings. The Morgan fingerprint density at radius 3 is 2.77 bits per heavy atom. The zero-order valence-electron chi connectivity index (χ0n) is 12.6. The van der Waals surface area contributed by atoms with E-state index in [9.17, 15) is 8.42 Å². The molecular weight excluding hydrogens is 306 g/mol. The summed E-state index contributed by atoms with van der Waals surface area (Å²) in [6.07, 6.45) is 1.39. The van der Waals surface area contributed by atoms with Crippen LogP contribution >= 0.6 is 0 Å². The number of benzene rings is 1. The first kappa shape index (κ1) is 14.7. The monoisotopic (exact) mass is 323 g/mol. The van der Waals surface area contributed by atoms with Gasteiger partial charge < -0.3 is 14.0 Å². The number of aryl methyl sites for hydroxylation is 1. The lowest BCUT2D eigenvalue weighted by molar-refractivity contribution is 0.174. The van der Waals surface area contributed by atoms with E-state index in [1.165, 1.54) is 17.5 Å². The van der Waals surface area contributed by atoms with E-state index in [1.807, 2.05) is 6.92 Å². The summed E-state index contributed by atoms with van der Waals surface area (Å²) in [5.41, 5.74) is 0.505. The summed E-state index contributed by atoms with van der Waals surface area (Å²) >= 11 is 0. The van der Waals surface area contributed by atoms with Crippen molar-refractivity contribution < 1.29 is 17.9 Å². The first-order valence-corrected chi connectivity index (χ1v) is 8.30. The normalized spacial score (nSPS) is 13.4. The number of hydrogen-bond donors (Lipinski definition) is 0. The summed E-state index contributed by atoms with van der Waals surface area (Å²) < 4.78 is 39.1. The molecule has 8 heteroatoms. The molecule has 0 aliphatic carbocycles. The maximum Gasteiger partial charge on any atom is 0.281 e. The number of imidazole rings is 1. The standard InChI is InChI=1S/C14H17N3O4S/c1-4-17-10(2)15-8-14(17)22(18,19)16(3)11-5-6-12-13(7-11)21-9-20-12/h5-8H,4,9H2,1-3H3. The molecule has 0 saturated heterocycles. The third-order valence-corrected chi connectivity index (χ3v) is 5.47. The molecule has 0 N–H and O–H groups in total. The van der Waals surface area contributed by atoms with E-state index in [2.05, 4.69) is 4.98 Å². The number of hydrogen-bond acceptors (Lipinski definition) is 5. The smallest absolute Gasteiger partial charge is 0.281 e. The average Bonchev–Trinajstić information content (AvgIpc) is 3.11. The summed E-state index contributed by atoms with van der Waals surface area (Å²) in [5.74, 6) is 1.82. The second-order valence-electron chi connectivity index (χ2n) is 4.90.